The van der Waals surface area contributed by atoms with Crippen molar-refractivity contribution >= 4 is 32.7 Å². The highest BCUT2D eigenvalue weighted by atomic mass is 32.2. The van der Waals surface area contributed by atoms with Crippen LogP contribution in [-0.2, 0) is 14.8 Å². The van der Waals surface area contributed by atoms with Gasteiger partial charge in [-0.15, -0.1) is 11.3 Å². The van der Waals surface area contributed by atoms with Crippen LogP contribution in [0, 0.1) is 5.82 Å². The Morgan fingerprint density at radius 1 is 1.13 bits per heavy atom. The number of nitrogens with one attached hydrogen (secondary N) is 1. The summed E-state index contributed by atoms with van der Waals surface area (Å²) in [7, 11) is -3.52. The molecule has 0 saturated carbocycles. The van der Waals surface area contributed by atoms with Crippen molar-refractivity contribution in [2.75, 3.05) is 31.7 Å². The smallest absolute Gasteiger partial charge is 0.243 e. The van der Waals surface area contributed by atoms with Crippen molar-refractivity contribution in [2.45, 2.75) is 4.90 Å². The Hall–Kier alpha value is -2.66. The Morgan fingerprint density at radius 2 is 1.87 bits per heavy atom. The molecule has 1 fully saturated rings. The first-order chi connectivity index (χ1) is 14.5. The van der Waals surface area contributed by atoms with Gasteiger partial charge in [-0.25, -0.2) is 17.8 Å². The maximum atomic E-state index is 13.6. The molecule has 10 heteroatoms. The minimum atomic E-state index is -3.52. The van der Waals surface area contributed by atoms with Gasteiger partial charge < -0.3 is 4.74 Å². The number of ether oxygens (including phenoxy) is 1. The predicted molar refractivity (Wildman–Crippen MR) is 115 cm³/mol. The zero-order valence-corrected chi connectivity index (χ0v) is 17.5. The molecule has 4 rings (SSSR count). The molecule has 0 amide bonds. The number of anilines is 1. The third kappa shape index (κ3) is 4.57. The van der Waals surface area contributed by atoms with Crippen LogP contribution in [0.2, 0.25) is 0 Å². The van der Waals surface area contributed by atoms with E-state index in [1.165, 1.54) is 27.9 Å². The van der Waals surface area contributed by atoms with Crippen LogP contribution in [0.15, 0.2) is 63.9 Å². The van der Waals surface area contributed by atoms with Gasteiger partial charge in [-0.3, -0.25) is 5.43 Å². The highest BCUT2D eigenvalue weighted by Crippen LogP contribution is 2.27. The second-order valence-electron chi connectivity index (χ2n) is 6.47. The first kappa shape index (κ1) is 20.6. The number of hydrogen-bond acceptors (Lipinski definition) is 7. The van der Waals surface area contributed by atoms with Gasteiger partial charge in [-0.05, 0) is 18.2 Å². The van der Waals surface area contributed by atoms with Crippen LogP contribution < -0.4 is 5.43 Å². The van der Waals surface area contributed by atoms with E-state index in [-0.39, 0.29) is 10.7 Å². The van der Waals surface area contributed by atoms with Gasteiger partial charge in [-0.2, -0.15) is 9.41 Å². The van der Waals surface area contributed by atoms with Crippen molar-refractivity contribution in [1.82, 2.24) is 9.29 Å². The summed E-state index contributed by atoms with van der Waals surface area (Å²) in [4.78, 5) is 4.69. The number of aromatic nitrogens is 1. The van der Waals surface area contributed by atoms with Gasteiger partial charge in [0.2, 0.25) is 15.2 Å². The molecule has 3 aromatic rings. The Bertz CT molecular complexity index is 1140. The van der Waals surface area contributed by atoms with Crippen molar-refractivity contribution in [1.29, 1.82) is 0 Å². The maximum absolute atomic E-state index is 13.6. The summed E-state index contributed by atoms with van der Waals surface area (Å²) in [6.45, 7) is 1.54. The Balaban J connectivity index is 1.44. The fourth-order valence-corrected chi connectivity index (χ4v) is 5.00. The molecule has 0 atom stereocenters. The molecule has 1 aliphatic rings. The molecule has 0 spiro atoms. The van der Waals surface area contributed by atoms with Crippen LogP contribution >= 0.6 is 11.3 Å². The lowest BCUT2D eigenvalue weighted by Gasteiger charge is -2.26. The second-order valence-corrected chi connectivity index (χ2v) is 9.27. The van der Waals surface area contributed by atoms with E-state index in [0.29, 0.717) is 42.7 Å². The van der Waals surface area contributed by atoms with Gasteiger partial charge in [0.25, 0.3) is 0 Å². The first-order valence-electron chi connectivity index (χ1n) is 9.21. The summed E-state index contributed by atoms with van der Waals surface area (Å²) < 4.78 is 45.7. The second kappa shape index (κ2) is 9.00. The number of thiazole rings is 1. The number of hydrazone groups is 1. The average molecular weight is 447 g/mol. The fraction of sp³-hybridized carbons (Fsp3) is 0.200. The standard InChI is InChI=1S/C20H19FN4O3S2/c21-18-4-2-1-3-16(18)13-22-24-20-23-19(14-29-20)15-5-7-17(8-6-15)30(26,27)25-9-11-28-12-10-25/h1-8,13-14H,9-12H2,(H,23,24)/b22-13+. The van der Waals surface area contributed by atoms with Crippen LogP contribution in [0.3, 0.4) is 0 Å². The summed E-state index contributed by atoms with van der Waals surface area (Å²) in [5.74, 6) is -0.352. The average Bonchev–Trinajstić information content (AvgIpc) is 3.25. The van der Waals surface area contributed by atoms with E-state index in [9.17, 15) is 12.8 Å². The molecule has 0 unspecified atom stereocenters. The van der Waals surface area contributed by atoms with E-state index >= 15 is 0 Å². The van der Waals surface area contributed by atoms with Gasteiger partial charge in [0.05, 0.1) is 30.0 Å². The normalized spacial score (nSPS) is 15.5. The Labute approximate surface area is 177 Å². The van der Waals surface area contributed by atoms with Crippen molar-refractivity contribution < 1.29 is 17.5 Å². The number of rotatable bonds is 6. The van der Waals surface area contributed by atoms with Crippen LogP contribution in [0.25, 0.3) is 11.3 Å². The summed E-state index contributed by atoms with van der Waals surface area (Å²) in [5, 5.41) is 6.40. The number of nitrogens with zero attached hydrogens (tertiary/aromatic N) is 3. The highest BCUT2D eigenvalue weighted by Gasteiger charge is 2.26. The zero-order chi connectivity index (χ0) is 21.0. The first-order valence-corrected chi connectivity index (χ1v) is 11.5. The molecule has 1 aliphatic heterocycles. The Kier molecular flexibility index (Phi) is 6.18. The lowest BCUT2D eigenvalue weighted by atomic mass is 10.2. The summed E-state index contributed by atoms with van der Waals surface area (Å²) in [5.41, 5.74) is 4.64. The Morgan fingerprint density at radius 3 is 2.60 bits per heavy atom. The molecule has 156 valence electrons. The number of morpholine rings is 1. The number of hydrogen-bond donors (Lipinski definition) is 1. The third-order valence-electron chi connectivity index (χ3n) is 4.53. The summed E-state index contributed by atoms with van der Waals surface area (Å²) in [6, 6.07) is 13.0. The van der Waals surface area contributed by atoms with E-state index in [1.54, 1.807) is 42.5 Å². The number of benzene rings is 2. The molecule has 0 radical (unpaired) electrons. The monoisotopic (exact) mass is 446 g/mol. The van der Waals surface area contributed by atoms with Gasteiger partial charge in [0, 0.05) is 29.6 Å². The lowest BCUT2D eigenvalue weighted by Crippen LogP contribution is -2.40. The van der Waals surface area contributed by atoms with Crippen LogP contribution in [-0.4, -0.2) is 50.2 Å². The quantitative estimate of drug-likeness (QED) is 0.463. The van der Waals surface area contributed by atoms with Crippen molar-refractivity contribution in [3.63, 3.8) is 0 Å². The predicted octanol–water partition coefficient (Wildman–Crippen LogP) is 3.42. The molecule has 1 N–H and O–H groups in total. The SMILES string of the molecule is O=S(=O)(c1ccc(-c2csc(N/N=C/c3ccccc3F)n2)cc1)N1CCOCC1. The van der Waals surface area contributed by atoms with Gasteiger partial charge in [-0.1, -0.05) is 30.3 Å². The lowest BCUT2D eigenvalue weighted by molar-refractivity contribution is 0.0730. The molecule has 7 nitrogen and oxygen atoms in total. The van der Waals surface area contributed by atoms with E-state index in [1.807, 2.05) is 5.38 Å². The fourth-order valence-electron chi connectivity index (χ4n) is 2.93. The van der Waals surface area contributed by atoms with Gasteiger partial charge in [0.15, 0.2) is 0 Å². The number of sulfonamides is 1. The number of halogens is 1. The molecule has 2 aromatic carbocycles. The van der Waals surface area contributed by atoms with Crippen LogP contribution in [0.5, 0.6) is 0 Å². The minimum absolute atomic E-state index is 0.246. The molecule has 1 aromatic heterocycles. The molecule has 2 heterocycles. The molecular formula is C20H19FN4O3S2. The van der Waals surface area contributed by atoms with Crippen molar-refractivity contribution in [2.24, 2.45) is 5.10 Å². The molecule has 0 bridgehead atoms. The van der Waals surface area contributed by atoms with E-state index in [4.69, 9.17) is 4.74 Å². The van der Waals surface area contributed by atoms with Crippen LogP contribution in [0.1, 0.15) is 5.56 Å². The molecule has 30 heavy (non-hydrogen) atoms. The third-order valence-corrected chi connectivity index (χ3v) is 7.19. The van der Waals surface area contributed by atoms with E-state index in [0.717, 1.165) is 5.56 Å². The minimum Gasteiger partial charge on any atom is -0.379 e. The van der Waals surface area contributed by atoms with E-state index in [2.05, 4.69) is 15.5 Å². The summed E-state index contributed by atoms with van der Waals surface area (Å²) in [6.07, 6.45) is 1.39. The van der Waals surface area contributed by atoms with Crippen molar-refractivity contribution in [3.8, 4) is 11.3 Å². The highest BCUT2D eigenvalue weighted by molar-refractivity contribution is 7.89. The maximum Gasteiger partial charge on any atom is 0.243 e. The molecular weight excluding hydrogens is 427 g/mol. The van der Waals surface area contributed by atoms with E-state index < -0.39 is 10.0 Å². The largest absolute Gasteiger partial charge is 0.379 e. The van der Waals surface area contributed by atoms with Crippen LogP contribution in [0.4, 0.5) is 9.52 Å². The molecule has 0 aliphatic carbocycles. The van der Waals surface area contributed by atoms with Gasteiger partial charge >= 0.3 is 0 Å². The van der Waals surface area contributed by atoms with Gasteiger partial charge in [0.1, 0.15) is 5.82 Å². The topological polar surface area (TPSA) is 83.9 Å². The summed E-state index contributed by atoms with van der Waals surface area (Å²) >= 11 is 1.35. The molecule has 1 saturated heterocycles. The van der Waals surface area contributed by atoms with Crippen molar-refractivity contribution in [3.05, 3.63) is 65.3 Å². The zero-order valence-electron chi connectivity index (χ0n) is 15.9.